The van der Waals surface area contributed by atoms with Crippen molar-refractivity contribution in [3.8, 4) is 0 Å². The Bertz CT molecular complexity index is 827. The number of azo groups is 1. The molecule has 0 bridgehead atoms. The number of anilines is 1. The highest BCUT2D eigenvalue weighted by molar-refractivity contribution is 6.03. The molecule has 1 amide bonds. The third-order valence-corrected chi connectivity index (χ3v) is 3.62. The van der Waals surface area contributed by atoms with Gasteiger partial charge in [-0.15, -0.1) is 0 Å². The van der Waals surface area contributed by atoms with Crippen LogP contribution in [0.25, 0.3) is 0 Å². The number of hydrogen-bond acceptors (Lipinski definition) is 4. The fourth-order valence-electron chi connectivity index (χ4n) is 2.30. The number of benzene rings is 2. The van der Waals surface area contributed by atoms with Crippen molar-refractivity contribution < 1.29 is 14.3 Å². The average molecular weight is 355 g/mol. The second-order valence-corrected chi connectivity index (χ2v) is 6.01. The molecule has 0 saturated heterocycles. The lowest BCUT2D eigenvalue weighted by Gasteiger charge is -2.07. The van der Waals surface area contributed by atoms with Crippen LogP contribution in [0.4, 0.5) is 10.1 Å². The van der Waals surface area contributed by atoms with E-state index in [-0.39, 0.29) is 24.0 Å². The number of nitrogens with one attached hydrogen (secondary N) is 1. The number of carbonyl (C=O) groups excluding carboxylic acids is 1. The highest BCUT2D eigenvalue weighted by atomic mass is 19.1. The minimum atomic E-state index is -0.366. The van der Waals surface area contributed by atoms with E-state index in [0.29, 0.717) is 24.2 Å². The minimum Gasteiger partial charge on any atom is -0.392 e. The van der Waals surface area contributed by atoms with Crippen molar-refractivity contribution in [2.24, 2.45) is 10.2 Å². The number of aliphatic hydroxyl groups excluding tert-OH is 1. The number of carbonyl (C=O) groups is 1. The maximum atomic E-state index is 13.1. The summed E-state index contributed by atoms with van der Waals surface area (Å²) in [6.45, 7) is 3.82. The zero-order valence-corrected chi connectivity index (χ0v) is 14.9. The third kappa shape index (κ3) is 5.89. The van der Waals surface area contributed by atoms with E-state index in [4.69, 9.17) is 5.11 Å². The molecule has 6 heteroatoms. The molecular formula is C20H22FN3O2. The first-order valence-corrected chi connectivity index (χ1v) is 8.30. The lowest BCUT2D eigenvalue weighted by Crippen LogP contribution is -2.14. The Hall–Kier alpha value is -2.86. The molecule has 2 aromatic carbocycles. The number of amides is 1. The van der Waals surface area contributed by atoms with E-state index in [9.17, 15) is 9.18 Å². The summed E-state index contributed by atoms with van der Waals surface area (Å²) < 4.78 is 13.1. The number of nitrogens with zero attached hydrogens (tertiary/aromatic N) is 2. The maximum Gasteiger partial charge on any atom is 0.276 e. The predicted molar refractivity (Wildman–Crippen MR) is 99.2 cm³/mol. The lowest BCUT2D eigenvalue weighted by atomic mass is 10.1. The monoisotopic (exact) mass is 355 g/mol. The van der Waals surface area contributed by atoms with Gasteiger partial charge in [-0.05, 0) is 61.2 Å². The molecule has 0 heterocycles. The Morgan fingerprint density at radius 2 is 1.85 bits per heavy atom. The average Bonchev–Trinajstić information content (AvgIpc) is 2.61. The molecule has 136 valence electrons. The molecule has 2 N–H and O–H groups in total. The summed E-state index contributed by atoms with van der Waals surface area (Å²) in [5.41, 5.74) is 3.08. The summed E-state index contributed by atoms with van der Waals surface area (Å²) in [7, 11) is 0. The molecule has 0 aromatic heterocycles. The van der Waals surface area contributed by atoms with Crippen molar-refractivity contribution in [2.45, 2.75) is 26.9 Å². The summed E-state index contributed by atoms with van der Waals surface area (Å²) in [6.07, 6.45) is 0.539. The van der Waals surface area contributed by atoms with Crippen molar-refractivity contribution in [1.82, 2.24) is 0 Å². The Kier molecular flexibility index (Phi) is 7.17. The SMILES string of the molecule is CC(C)=C(N=NCCc1cccc(F)c1)C(=O)Nc1cccc(CO)c1. The largest absolute Gasteiger partial charge is 0.392 e. The molecule has 5 nitrogen and oxygen atoms in total. The molecule has 0 aliphatic rings. The fourth-order valence-corrected chi connectivity index (χ4v) is 2.30. The van der Waals surface area contributed by atoms with Crippen molar-refractivity contribution >= 4 is 11.6 Å². The van der Waals surface area contributed by atoms with E-state index < -0.39 is 0 Å². The summed E-state index contributed by atoms with van der Waals surface area (Å²) in [5, 5.41) is 20.0. The van der Waals surface area contributed by atoms with Crippen LogP contribution in [0.15, 0.2) is 70.0 Å². The topological polar surface area (TPSA) is 74.0 Å². The second-order valence-electron chi connectivity index (χ2n) is 6.01. The Balaban J connectivity index is 1.99. The van der Waals surface area contributed by atoms with E-state index >= 15 is 0 Å². The number of allylic oxidation sites excluding steroid dienone is 1. The van der Waals surface area contributed by atoms with Crippen LogP contribution in [0.1, 0.15) is 25.0 Å². The number of hydrogen-bond donors (Lipinski definition) is 2. The summed E-state index contributed by atoms with van der Waals surface area (Å²) in [4.78, 5) is 12.4. The van der Waals surface area contributed by atoms with Gasteiger partial charge in [0.1, 0.15) is 11.5 Å². The lowest BCUT2D eigenvalue weighted by molar-refractivity contribution is -0.113. The van der Waals surface area contributed by atoms with Gasteiger partial charge >= 0.3 is 0 Å². The molecule has 0 saturated carbocycles. The zero-order valence-electron chi connectivity index (χ0n) is 14.9. The fraction of sp³-hybridized carbons (Fsp3) is 0.250. The normalized spacial score (nSPS) is 10.8. The standard InChI is InChI=1S/C20H22FN3O2/c1-14(2)19(20(26)23-18-8-4-6-16(12-18)13-25)24-22-10-9-15-5-3-7-17(21)11-15/h3-8,11-12,25H,9-10,13H2,1-2H3,(H,23,26). The van der Waals surface area contributed by atoms with E-state index in [2.05, 4.69) is 15.5 Å². The van der Waals surface area contributed by atoms with Gasteiger partial charge in [-0.1, -0.05) is 24.3 Å². The Morgan fingerprint density at radius 3 is 2.54 bits per heavy atom. The first kappa shape index (κ1) is 19.5. The van der Waals surface area contributed by atoms with Gasteiger partial charge in [0, 0.05) is 5.69 Å². The van der Waals surface area contributed by atoms with Gasteiger partial charge in [-0.25, -0.2) is 4.39 Å². The van der Waals surface area contributed by atoms with Crippen LogP contribution in [-0.4, -0.2) is 17.6 Å². The molecule has 2 rings (SSSR count). The van der Waals surface area contributed by atoms with Crippen molar-refractivity contribution in [1.29, 1.82) is 0 Å². The minimum absolute atomic E-state index is 0.0982. The summed E-state index contributed by atoms with van der Waals surface area (Å²) in [5.74, 6) is -0.650. The molecule has 0 aliphatic heterocycles. The highest BCUT2D eigenvalue weighted by Gasteiger charge is 2.11. The van der Waals surface area contributed by atoms with Crippen LogP contribution in [0.3, 0.4) is 0 Å². The van der Waals surface area contributed by atoms with Gasteiger partial charge in [0.25, 0.3) is 5.91 Å². The quantitative estimate of drug-likeness (QED) is 0.576. The van der Waals surface area contributed by atoms with Gasteiger partial charge in [-0.2, -0.15) is 10.2 Å². The van der Waals surface area contributed by atoms with Gasteiger partial charge in [-0.3, -0.25) is 4.79 Å². The molecule has 0 spiro atoms. The van der Waals surface area contributed by atoms with E-state index in [1.807, 2.05) is 6.07 Å². The first-order valence-electron chi connectivity index (χ1n) is 8.30. The van der Waals surface area contributed by atoms with Crippen LogP contribution in [-0.2, 0) is 17.8 Å². The second kappa shape index (κ2) is 9.58. The van der Waals surface area contributed by atoms with Crippen molar-refractivity contribution in [2.75, 3.05) is 11.9 Å². The number of rotatable bonds is 7. The Labute approximate surface area is 152 Å². The smallest absolute Gasteiger partial charge is 0.276 e. The van der Waals surface area contributed by atoms with Crippen LogP contribution >= 0.6 is 0 Å². The van der Waals surface area contributed by atoms with Gasteiger partial charge in [0.2, 0.25) is 0 Å². The van der Waals surface area contributed by atoms with Gasteiger partial charge in [0.15, 0.2) is 0 Å². The Morgan fingerprint density at radius 1 is 1.12 bits per heavy atom. The molecule has 0 fully saturated rings. The highest BCUT2D eigenvalue weighted by Crippen LogP contribution is 2.14. The molecule has 0 atom stereocenters. The maximum absolute atomic E-state index is 13.1. The molecule has 2 aromatic rings. The van der Waals surface area contributed by atoms with Crippen molar-refractivity contribution in [3.05, 3.63) is 76.7 Å². The predicted octanol–water partition coefficient (Wildman–Crippen LogP) is 4.25. The van der Waals surface area contributed by atoms with Crippen LogP contribution in [0.2, 0.25) is 0 Å². The zero-order chi connectivity index (χ0) is 18.9. The molecule has 26 heavy (non-hydrogen) atoms. The van der Waals surface area contributed by atoms with Gasteiger partial charge in [0.05, 0.1) is 13.2 Å². The summed E-state index contributed by atoms with van der Waals surface area (Å²) in [6, 6.07) is 13.3. The van der Waals surface area contributed by atoms with Crippen molar-refractivity contribution in [3.63, 3.8) is 0 Å². The van der Waals surface area contributed by atoms with E-state index in [1.54, 1.807) is 44.2 Å². The molecular weight excluding hydrogens is 333 g/mol. The number of halogens is 1. The van der Waals surface area contributed by atoms with Crippen LogP contribution in [0.5, 0.6) is 0 Å². The van der Waals surface area contributed by atoms with E-state index in [0.717, 1.165) is 11.1 Å². The molecule has 0 aliphatic carbocycles. The van der Waals surface area contributed by atoms with Crippen LogP contribution < -0.4 is 5.32 Å². The first-order chi connectivity index (χ1) is 12.5. The number of aliphatic hydroxyl groups is 1. The molecule has 0 radical (unpaired) electrons. The third-order valence-electron chi connectivity index (χ3n) is 3.62. The molecule has 0 unspecified atom stereocenters. The van der Waals surface area contributed by atoms with Gasteiger partial charge < -0.3 is 10.4 Å². The summed E-state index contributed by atoms with van der Waals surface area (Å²) >= 11 is 0. The van der Waals surface area contributed by atoms with Crippen LogP contribution in [0, 0.1) is 5.82 Å². The van der Waals surface area contributed by atoms with E-state index in [1.165, 1.54) is 12.1 Å².